The average Bonchev–Trinajstić information content (AvgIpc) is 2.68. The smallest absolute Gasteiger partial charge is 0.140 e. The van der Waals surface area contributed by atoms with Gasteiger partial charge in [0.2, 0.25) is 0 Å². The Bertz CT molecular complexity index is 623. The molecule has 0 N–H and O–H groups in total. The third-order valence-electron chi connectivity index (χ3n) is 3.20. The third-order valence-corrected chi connectivity index (χ3v) is 3.20. The van der Waals surface area contributed by atoms with Crippen LogP contribution in [0.25, 0.3) is 5.65 Å². The molecule has 2 rings (SSSR count). The highest BCUT2D eigenvalue weighted by Crippen LogP contribution is 2.31. The van der Waals surface area contributed by atoms with E-state index in [2.05, 4.69) is 44.2 Å². The minimum Gasteiger partial charge on any atom is -0.302 e. The molecule has 2 aromatic rings. The van der Waals surface area contributed by atoms with Crippen LogP contribution >= 0.6 is 0 Å². The Morgan fingerprint density at radius 2 is 2.06 bits per heavy atom. The first-order chi connectivity index (χ1) is 8.36. The normalized spacial score (nSPS) is 13.6. The van der Waals surface area contributed by atoms with Gasteiger partial charge in [0.05, 0.1) is 23.4 Å². The molecule has 1 unspecified atom stereocenters. The standard InChI is InChI=1S/C15H19N3/c1-10-7-6-8-18-12(11(2)9-16)13(15(3,4)5)17-14(10)18/h6-8,11H,1-5H3. The van der Waals surface area contributed by atoms with Crippen LogP contribution in [0.5, 0.6) is 0 Å². The zero-order valence-corrected chi connectivity index (χ0v) is 11.7. The number of nitrogens with zero attached hydrogens (tertiary/aromatic N) is 3. The summed E-state index contributed by atoms with van der Waals surface area (Å²) in [5, 5.41) is 9.23. The maximum absolute atomic E-state index is 9.23. The van der Waals surface area contributed by atoms with Crippen molar-refractivity contribution in [2.75, 3.05) is 0 Å². The van der Waals surface area contributed by atoms with Gasteiger partial charge >= 0.3 is 0 Å². The van der Waals surface area contributed by atoms with E-state index in [1.54, 1.807) is 0 Å². The molecule has 0 aliphatic heterocycles. The lowest BCUT2D eigenvalue weighted by Gasteiger charge is -2.18. The fraction of sp³-hybridized carbons (Fsp3) is 0.467. The van der Waals surface area contributed by atoms with Crippen LogP contribution in [0.4, 0.5) is 0 Å². The predicted octanol–water partition coefficient (Wildman–Crippen LogP) is 3.57. The molecule has 1 atom stereocenters. The lowest BCUT2D eigenvalue weighted by Crippen LogP contribution is -2.16. The Hall–Kier alpha value is -1.82. The second-order valence-corrected chi connectivity index (χ2v) is 5.83. The van der Waals surface area contributed by atoms with Crippen molar-refractivity contribution in [2.45, 2.75) is 46.0 Å². The maximum atomic E-state index is 9.23. The van der Waals surface area contributed by atoms with E-state index in [0.29, 0.717) is 0 Å². The fourth-order valence-electron chi connectivity index (χ4n) is 2.25. The highest BCUT2D eigenvalue weighted by molar-refractivity contribution is 5.52. The first-order valence-corrected chi connectivity index (χ1v) is 6.24. The number of hydrogen-bond donors (Lipinski definition) is 0. The zero-order valence-electron chi connectivity index (χ0n) is 11.7. The first-order valence-electron chi connectivity index (χ1n) is 6.24. The minimum atomic E-state index is -0.156. The average molecular weight is 241 g/mol. The molecule has 2 aromatic heterocycles. The van der Waals surface area contributed by atoms with E-state index in [1.165, 1.54) is 0 Å². The molecule has 18 heavy (non-hydrogen) atoms. The Balaban J connectivity index is 2.86. The zero-order chi connectivity index (χ0) is 13.5. The summed E-state index contributed by atoms with van der Waals surface area (Å²) < 4.78 is 2.06. The summed E-state index contributed by atoms with van der Waals surface area (Å²) in [6.07, 6.45) is 1.99. The van der Waals surface area contributed by atoms with E-state index in [0.717, 1.165) is 22.6 Å². The van der Waals surface area contributed by atoms with E-state index in [4.69, 9.17) is 4.98 Å². The topological polar surface area (TPSA) is 41.1 Å². The van der Waals surface area contributed by atoms with Crippen molar-refractivity contribution in [1.82, 2.24) is 9.38 Å². The van der Waals surface area contributed by atoms with Crippen LogP contribution in [0.15, 0.2) is 18.3 Å². The van der Waals surface area contributed by atoms with Crippen LogP contribution < -0.4 is 0 Å². The van der Waals surface area contributed by atoms with Crippen molar-refractivity contribution in [3.8, 4) is 6.07 Å². The van der Waals surface area contributed by atoms with Gasteiger partial charge in [-0.2, -0.15) is 5.26 Å². The predicted molar refractivity (Wildman–Crippen MR) is 72.7 cm³/mol. The van der Waals surface area contributed by atoms with Gasteiger partial charge < -0.3 is 4.40 Å². The fourth-order valence-corrected chi connectivity index (χ4v) is 2.25. The quantitative estimate of drug-likeness (QED) is 0.766. The SMILES string of the molecule is Cc1cccn2c(C(C)C#N)c(C(C)(C)C)nc12. The number of hydrogen-bond acceptors (Lipinski definition) is 2. The lowest BCUT2D eigenvalue weighted by molar-refractivity contribution is 0.562. The van der Waals surface area contributed by atoms with Gasteiger partial charge in [-0.3, -0.25) is 0 Å². The summed E-state index contributed by atoms with van der Waals surface area (Å²) in [6.45, 7) is 10.4. The van der Waals surface area contributed by atoms with Crippen LogP contribution in [0.1, 0.15) is 50.6 Å². The summed E-state index contributed by atoms with van der Waals surface area (Å²) in [7, 11) is 0. The van der Waals surface area contributed by atoms with Gasteiger partial charge in [0, 0.05) is 11.6 Å². The van der Waals surface area contributed by atoms with Crippen molar-refractivity contribution in [3.05, 3.63) is 35.3 Å². The molecule has 0 saturated carbocycles. The lowest BCUT2D eigenvalue weighted by atomic mass is 9.88. The van der Waals surface area contributed by atoms with Crippen molar-refractivity contribution in [3.63, 3.8) is 0 Å². The Kier molecular flexibility index (Phi) is 2.90. The van der Waals surface area contributed by atoms with Crippen molar-refractivity contribution in [1.29, 1.82) is 5.26 Å². The summed E-state index contributed by atoms with van der Waals surface area (Å²) in [6, 6.07) is 6.39. The molecule has 0 aromatic carbocycles. The molecule has 0 radical (unpaired) electrons. The van der Waals surface area contributed by atoms with Crippen LogP contribution in [0, 0.1) is 18.3 Å². The van der Waals surface area contributed by atoms with Crippen molar-refractivity contribution < 1.29 is 0 Å². The van der Waals surface area contributed by atoms with Gasteiger partial charge in [-0.05, 0) is 25.5 Å². The number of rotatable bonds is 1. The highest BCUT2D eigenvalue weighted by atomic mass is 15.0. The molecule has 0 saturated heterocycles. The molecule has 0 aliphatic rings. The van der Waals surface area contributed by atoms with Gasteiger partial charge in [-0.15, -0.1) is 0 Å². The number of aromatic nitrogens is 2. The molecule has 0 amide bonds. The molecule has 0 fully saturated rings. The Labute approximate surface area is 108 Å². The van der Waals surface area contributed by atoms with Gasteiger partial charge in [0.25, 0.3) is 0 Å². The van der Waals surface area contributed by atoms with Gasteiger partial charge in [0.1, 0.15) is 5.65 Å². The van der Waals surface area contributed by atoms with Crippen LogP contribution in [0.2, 0.25) is 0 Å². The number of pyridine rings is 1. The summed E-state index contributed by atoms with van der Waals surface area (Å²) >= 11 is 0. The van der Waals surface area contributed by atoms with Gasteiger partial charge in [-0.25, -0.2) is 4.98 Å². The van der Waals surface area contributed by atoms with Crippen molar-refractivity contribution in [2.24, 2.45) is 0 Å². The number of fused-ring (bicyclic) bond motifs is 1. The van der Waals surface area contributed by atoms with Crippen molar-refractivity contribution >= 4 is 5.65 Å². The summed E-state index contributed by atoms with van der Waals surface area (Å²) in [5.74, 6) is -0.156. The second kappa shape index (κ2) is 4.13. The van der Waals surface area contributed by atoms with Gasteiger partial charge in [0.15, 0.2) is 0 Å². The molecule has 3 heteroatoms. The molecular weight excluding hydrogens is 222 g/mol. The third kappa shape index (κ3) is 1.88. The maximum Gasteiger partial charge on any atom is 0.140 e. The van der Waals surface area contributed by atoms with E-state index >= 15 is 0 Å². The van der Waals surface area contributed by atoms with Crippen LogP contribution in [-0.2, 0) is 5.41 Å². The molecule has 0 spiro atoms. The molecule has 94 valence electrons. The van der Waals surface area contributed by atoms with Crippen LogP contribution in [0.3, 0.4) is 0 Å². The molecule has 0 aliphatic carbocycles. The Morgan fingerprint density at radius 1 is 1.39 bits per heavy atom. The van der Waals surface area contributed by atoms with E-state index in [1.807, 2.05) is 19.2 Å². The number of aryl methyl sites for hydroxylation is 1. The van der Waals surface area contributed by atoms with Gasteiger partial charge in [-0.1, -0.05) is 26.8 Å². The van der Waals surface area contributed by atoms with E-state index < -0.39 is 0 Å². The monoisotopic (exact) mass is 241 g/mol. The number of nitriles is 1. The molecule has 0 bridgehead atoms. The molecule has 2 heterocycles. The summed E-state index contributed by atoms with van der Waals surface area (Å²) in [4.78, 5) is 4.76. The van der Waals surface area contributed by atoms with E-state index in [9.17, 15) is 5.26 Å². The van der Waals surface area contributed by atoms with Crippen LogP contribution in [-0.4, -0.2) is 9.38 Å². The summed E-state index contributed by atoms with van der Waals surface area (Å²) in [5.41, 5.74) is 4.08. The number of imidazole rings is 1. The van der Waals surface area contributed by atoms with E-state index in [-0.39, 0.29) is 11.3 Å². The minimum absolute atomic E-state index is 0.0566. The Morgan fingerprint density at radius 3 is 2.61 bits per heavy atom. The second-order valence-electron chi connectivity index (χ2n) is 5.83. The highest BCUT2D eigenvalue weighted by Gasteiger charge is 2.27. The largest absolute Gasteiger partial charge is 0.302 e. The molecular formula is C15H19N3. The first kappa shape index (κ1) is 12.6. The molecule has 3 nitrogen and oxygen atoms in total.